The molecule has 1 N–H and O–H groups in total. The SMILES string of the molecule is CN(C)C(=S)N/N=C(\C=C\c1ccccc1)c1ccccn1. The van der Waals surface area contributed by atoms with Crippen LogP contribution < -0.4 is 5.43 Å². The molecular formula is C17H18N4S. The minimum absolute atomic E-state index is 0.543. The van der Waals surface area contributed by atoms with Crippen molar-refractivity contribution in [2.24, 2.45) is 5.10 Å². The summed E-state index contributed by atoms with van der Waals surface area (Å²) in [5.74, 6) is 0. The Balaban J connectivity index is 2.24. The Hall–Kier alpha value is -2.53. The molecule has 22 heavy (non-hydrogen) atoms. The van der Waals surface area contributed by atoms with Crippen LogP contribution in [0, 0.1) is 0 Å². The van der Waals surface area contributed by atoms with Gasteiger partial charge in [0.1, 0.15) is 5.71 Å². The highest BCUT2D eigenvalue weighted by molar-refractivity contribution is 7.80. The number of rotatable bonds is 4. The highest BCUT2D eigenvalue weighted by Gasteiger charge is 2.02. The molecule has 0 saturated heterocycles. The summed E-state index contributed by atoms with van der Waals surface area (Å²) in [6, 6.07) is 15.8. The average molecular weight is 310 g/mol. The summed E-state index contributed by atoms with van der Waals surface area (Å²) in [6.07, 6.45) is 5.66. The van der Waals surface area contributed by atoms with Crippen LogP contribution >= 0.6 is 12.2 Å². The fourth-order valence-corrected chi connectivity index (χ4v) is 1.69. The number of benzene rings is 1. The largest absolute Gasteiger partial charge is 0.354 e. The zero-order valence-electron chi connectivity index (χ0n) is 12.6. The minimum Gasteiger partial charge on any atom is -0.354 e. The molecule has 112 valence electrons. The third-order valence-electron chi connectivity index (χ3n) is 2.84. The second-order valence-corrected chi connectivity index (χ2v) is 5.15. The second-order valence-electron chi connectivity index (χ2n) is 4.77. The van der Waals surface area contributed by atoms with Crippen LogP contribution in [0.15, 0.2) is 65.9 Å². The zero-order valence-corrected chi connectivity index (χ0v) is 13.4. The number of hydrogen-bond acceptors (Lipinski definition) is 3. The van der Waals surface area contributed by atoms with Gasteiger partial charge in [0.2, 0.25) is 0 Å². The number of allylic oxidation sites excluding steroid dienone is 1. The average Bonchev–Trinajstić information content (AvgIpc) is 2.56. The van der Waals surface area contributed by atoms with E-state index in [1.807, 2.05) is 74.8 Å². The topological polar surface area (TPSA) is 40.5 Å². The first-order valence-electron chi connectivity index (χ1n) is 6.86. The summed E-state index contributed by atoms with van der Waals surface area (Å²) in [5.41, 5.74) is 5.47. The minimum atomic E-state index is 0.543. The van der Waals surface area contributed by atoms with Crippen LogP contribution in [0.4, 0.5) is 0 Å². The lowest BCUT2D eigenvalue weighted by Crippen LogP contribution is -2.31. The van der Waals surface area contributed by atoms with E-state index in [-0.39, 0.29) is 0 Å². The molecule has 0 aliphatic rings. The number of pyridine rings is 1. The molecule has 2 rings (SSSR count). The first kappa shape index (κ1) is 15.9. The van der Waals surface area contributed by atoms with Gasteiger partial charge in [-0.3, -0.25) is 10.4 Å². The predicted molar refractivity (Wildman–Crippen MR) is 95.7 cm³/mol. The van der Waals surface area contributed by atoms with Gasteiger partial charge in [-0.25, -0.2) is 0 Å². The fourth-order valence-electron chi connectivity index (χ4n) is 1.64. The number of hydrazone groups is 1. The third-order valence-corrected chi connectivity index (χ3v) is 3.30. The van der Waals surface area contributed by atoms with E-state index in [9.17, 15) is 0 Å². The van der Waals surface area contributed by atoms with Gasteiger partial charge in [-0.2, -0.15) is 5.10 Å². The Morgan fingerprint density at radius 1 is 1.14 bits per heavy atom. The van der Waals surface area contributed by atoms with E-state index < -0.39 is 0 Å². The highest BCUT2D eigenvalue weighted by Crippen LogP contribution is 2.04. The molecular weight excluding hydrogens is 292 g/mol. The van der Waals surface area contributed by atoms with Gasteiger partial charge >= 0.3 is 0 Å². The van der Waals surface area contributed by atoms with E-state index >= 15 is 0 Å². The van der Waals surface area contributed by atoms with Gasteiger partial charge in [-0.1, -0.05) is 42.5 Å². The van der Waals surface area contributed by atoms with Crippen molar-refractivity contribution in [1.29, 1.82) is 0 Å². The maximum absolute atomic E-state index is 5.19. The lowest BCUT2D eigenvalue weighted by molar-refractivity contribution is 0.606. The Morgan fingerprint density at radius 2 is 1.86 bits per heavy atom. The molecule has 0 radical (unpaired) electrons. The van der Waals surface area contributed by atoms with Crippen LogP contribution in [0.5, 0.6) is 0 Å². The number of aromatic nitrogens is 1. The van der Waals surface area contributed by atoms with E-state index in [1.54, 1.807) is 11.1 Å². The Kier molecular flexibility index (Phi) is 5.80. The highest BCUT2D eigenvalue weighted by atomic mass is 32.1. The molecule has 0 atom stereocenters. The molecule has 0 aliphatic heterocycles. The Morgan fingerprint density at radius 3 is 2.50 bits per heavy atom. The molecule has 2 aromatic rings. The van der Waals surface area contributed by atoms with E-state index in [0.717, 1.165) is 11.3 Å². The molecule has 0 aliphatic carbocycles. The van der Waals surface area contributed by atoms with Gasteiger partial charge in [-0.15, -0.1) is 0 Å². The number of nitrogens with one attached hydrogen (secondary N) is 1. The molecule has 0 bridgehead atoms. The molecule has 0 spiro atoms. The molecule has 4 nitrogen and oxygen atoms in total. The van der Waals surface area contributed by atoms with Crippen molar-refractivity contribution in [2.75, 3.05) is 14.1 Å². The Labute approximate surface area is 136 Å². The normalized spacial score (nSPS) is 11.5. The maximum atomic E-state index is 5.19. The summed E-state index contributed by atoms with van der Waals surface area (Å²) < 4.78 is 0. The van der Waals surface area contributed by atoms with Crippen molar-refractivity contribution < 1.29 is 0 Å². The standard InChI is InChI=1S/C17H18N4S/c1-21(2)17(22)20-19-16(15-10-6-7-13-18-15)12-11-14-8-4-3-5-9-14/h3-13H,1-2H3,(H,20,22)/b12-11+,19-16+. The Bertz CT molecular complexity index is 664. The van der Waals surface area contributed by atoms with Gasteiger partial charge in [0.05, 0.1) is 5.69 Å². The lowest BCUT2D eigenvalue weighted by atomic mass is 10.1. The zero-order chi connectivity index (χ0) is 15.8. The van der Waals surface area contributed by atoms with Crippen molar-refractivity contribution in [2.45, 2.75) is 0 Å². The first-order chi connectivity index (χ1) is 10.7. The number of thiocarbonyl (C=S) groups is 1. The molecule has 0 unspecified atom stereocenters. The summed E-state index contributed by atoms with van der Waals surface area (Å²) in [5, 5.41) is 4.91. The van der Waals surface area contributed by atoms with E-state index in [1.165, 1.54) is 0 Å². The molecule has 5 heteroatoms. The van der Waals surface area contributed by atoms with Gasteiger partial charge in [0.25, 0.3) is 0 Å². The predicted octanol–water partition coefficient (Wildman–Crippen LogP) is 2.94. The van der Waals surface area contributed by atoms with Crippen molar-refractivity contribution in [3.8, 4) is 0 Å². The number of nitrogens with zero attached hydrogens (tertiary/aromatic N) is 3. The monoisotopic (exact) mass is 310 g/mol. The van der Waals surface area contributed by atoms with Crippen molar-refractivity contribution in [1.82, 2.24) is 15.3 Å². The third kappa shape index (κ3) is 4.79. The maximum Gasteiger partial charge on any atom is 0.189 e. The van der Waals surface area contributed by atoms with E-state index in [4.69, 9.17) is 12.2 Å². The molecule has 1 aromatic carbocycles. The fraction of sp³-hybridized carbons (Fsp3) is 0.118. The molecule has 1 aromatic heterocycles. The molecule has 0 saturated carbocycles. The van der Waals surface area contributed by atoms with E-state index in [2.05, 4.69) is 15.5 Å². The van der Waals surface area contributed by atoms with Crippen LogP contribution in [0.3, 0.4) is 0 Å². The second kappa shape index (κ2) is 8.05. The molecule has 0 amide bonds. The van der Waals surface area contributed by atoms with Gasteiger partial charge in [0, 0.05) is 20.3 Å². The summed E-state index contributed by atoms with van der Waals surface area (Å²) in [7, 11) is 3.73. The van der Waals surface area contributed by atoms with Crippen LogP contribution in [-0.4, -0.2) is 34.8 Å². The lowest BCUT2D eigenvalue weighted by Gasteiger charge is -2.12. The number of hydrogen-bond donors (Lipinski definition) is 1. The van der Waals surface area contributed by atoms with E-state index in [0.29, 0.717) is 10.8 Å². The summed E-state index contributed by atoms with van der Waals surface area (Å²) >= 11 is 5.19. The smallest absolute Gasteiger partial charge is 0.189 e. The quantitative estimate of drug-likeness (QED) is 0.535. The molecule has 1 heterocycles. The van der Waals surface area contributed by atoms with Crippen molar-refractivity contribution >= 4 is 29.1 Å². The summed E-state index contributed by atoms with van der Waals surface area (Å²) in [6.45, 7) is 0. The first-order valence-corrected chi connectivity index (χ1v) is 7.27. The van der Waals surface area contributed by atoms with Crippen molar-refractivity contribution in [3.63, 3.8) is 0 Å². The van der Waals surface area contributed by atoms with Gasteiger partial charge in [-0.05, 0) is 36.0 Å². The van der Waals surface area contributed by atoms with Crippen LogP contribution in [0.25, 0.3) is 6.08 Å². The van der Waals surface area contributed by atoms with Crippen molar-refractivity contribution in [3.05, 3.63) is 72.1 Å². The van der Waals surface area contributed by atoms with Crippen LogP contribution in [0.2, 0.25) is 0 Å². The van der Waals surface area contributed by atoms with Gasteiger partial charge in [0.15, 0.2) is 5.11 Å². The summed E-state index contributed by atoms with van der Waals surface area (Å²) in [4.78, 5) is 6.12. The van der Waals surface area contributed by atoms with Crippen LogP contribution in [-0.2, 0) is 0 Å². The van der Waals surface area contributed by atoms with Crippen LogP contribution in [0.1, 0.15) is 11.3 Å². The van der Waals surface area contributed by atoms with Gasteiger partial charge < -0.3 is 4.90 Å². The molecule has 0 fully saturated rings.